The summed E-state index contributed by atoms with van der Waals surface area (Å²) < 4.78 is 10.7. The molecule has 2 aromatic rings. The van der Waals surface area contributed by atoms with Crippen LogP contribution >= 0.6 is 11.6 Å². The lowest BCUT2D eigenvalue weighted by Gasteiger charge is -2.16. The maximum absolute atomic E-state index is 11.5. The van der Waals surface area contributed by atoms with Gasteiger partial charge in [0, 0.05) is 6.42 Å². The topological polar surface area (TPSA) is 55.8 Å². The van der Waals surface area contributed by atoms with Crippen molar-refractivity contribution >= 4 is 17.6 Å². The number of carboxylic acids is 1. The van der Waals surface area contributed by atoms with Gasteiger partial charge in [-0.3, -0.25) is 0 Å². The van der Waals surface area contributed by atoms with Crippen LogP contribution in [0.15, 0.2) is 36.4 Å². The van der Waals surface area contributed by atoms with Crippen molar-refractivity contribution in [3.63, 3.8) is 0 Å². The van der Waals surface area contributed by atoms with E-state index in [2.05, 4.69) is 0 Å². The Morgan fingerprint density at radius 1 is 1.17 bits per heavy atom. The van der Waals surface area contributed by atoms with Gasteiger partial charge in [0.15, 0.2) is 6.10 Å². The van der Waals surface area contributed by atoms with Gasteiger partial charge in [0.2, 0.25) is 0 Å². The van der Waals surface area contributed by atoms with E-state index in [1.54, 1.807) is 24.3 Å². The van der Waals surface area contributed by atoms with Crippen molar-refractivity contribution in [1.82, 2.24) is 0 Å². The first kappa shape index (κ1) is 17.2. The molecular formula is C18H19ClO4. The van der Waals surface area contributed by atoms with Crippen molar-refractivity contribution in [2.24, 2.45) is 0 Å². The largest absolute Gasteiger partial charge is 0.495 e. The van der Waals surface area contributed by atoms with Gasteiger partial charge in [-0.2, -0.15) is 0 Å². The molecule has 0 spiro atoms. The normalized spacial score (nSPS) is 11.8. The quantitative estimate of drug-likeness (QED) is 0.866. The summed E-state index contributed by atoms with van der Waals surface area (Å²) in [7, 11) is 1.53. The summed E-state index contributed by atoms with van der Waals surface area (Å²) in [4.78, 5) is 11.5. The third-order valence-electron chi connectivity index (χ3n) is 3.67. The van der Waals surface area contributed by atoms with E-state index in [9.17, 15) is 9.90 Å². The zero-order valence-corrected chi connectivity index (χ0v) is 14.1. The molecule has 1 N–H and O–H groups in total. The van der Waals surface area contributed by atoms with Crippen molar-refractivity contribution in [2.75, 3.05) is 7.11 Å². The molecule has 0 fully saturated rings. The number of aryl methyl sites for hydroxylation is 2. The Morgan fingerprint density at radius 2 is 1.91 bits per heavy atom. The van der Waals surface area contributed by atoms with Crippen LogP contribution in [0.1, 0.15) is 16.7 Å². The van der Waals surface area contributed by atoms with Gasteiger partial charge >= 0.3 is 5.97 Å². The SMILES string of the molecule is COc1ccc(CC(Oc2ccc(C)c(C)c2)C(=O)O)cc1Cl. The smallest absolute Gasteiger partial charge is 0.345 e. The van der Waals surface area contributed by atoms with Gasteiger partial charge in [0.1, 0.15) is 11.5 Å². The fourth-order valence-corrected chi connectivity index (χ4v) is 2.46. The molecular weight excluding hydrogens is 316 g/mol. The maximum atomic E-state index is 11.5. The Morgan fingerprint density at radius 3 is 2.48 bits per heavy atom. The number of hydrogen-bond acceptors (Lipinski definition) is 3. The van der Waals surface area contributed by atoms with E-state index in [0.717, 1.165) is 16.7 Å². The monoisotopic (exact) mass is 334 g/mol. The van der Waals surface area contributed by atoms with Gasteiger partial charge in [-0.15, -0.1) is 0 Å². The molecule has 0 aliphatic rings. The first-order valence-electron chi connectivity index (χ1n) is 7.20. The Labute approximate surface area is 140 Å². The van der Waals surface area contributed by atoms with E-state index < -0.39 is 12.1 Å². The highest BCUT2D eigenvalue weighted by Gasteiger charge is 2.21. The van der Waals surface area contributed by atoms with E-state index in [4.69, 9.17) is 21.1 Å². The zero-order chi connectivity index (χ0) is 17.0. The van der Waals surface area contributed by atoms with Gasteiger partial charge in [-0.05, 0) is 54.8 Å². The van der Waals surface area contributed by atoms with Crippen molar-refractivity contribution in [3.05, 3.63) is 58.1 Å². The summed E-state index contributed by atoms with van der Waals surface area (Å²) >= 11 is 6.08. The second kappa shape index (κ2) is 7.38. The molecule has 5 heteroatoms. The Bertz CT molecular complexity index is 712. The first-order chi connectivity index (χ1) is 10.9. The number of rotatable bonds is 6. The minimum atomic E-state index is -1.02. The highest BCUT2D eigenvalue weighted by molar-refractivity contribution is 6.32. The second-order valence-corrected chi connectivity index (χ2v) is 5.77. The lowest BCUT2D eigenvalue weighted by Crippen LogP contribution is -2.29. The number of aliphatic carboxylic acids is 1. The standard InChI is InChI=1S/C18H19ClO4/c1-11-4-6-14(8-12(11)2)23-17(18(20)21)10-13-5-7-16(22-3)15(19)9-13/h4-9,17H,10H2,1-3H3,(H,20,21). The molecule has 1 unspecified atom stereocenters. The molecule has 0 aliphatic carbocycles. The molecule has 0 aromatic heterocycles. The molecule has 0 amide bonds. The third kappa shape index (κ3) is 4.39. The van der Waals surface area contributed by atoms with Gasteiger partial charge in [-0.25, -0.2) is 4.79 Å². The van der Waals surface area contributed by atoms with Crippen LogP contribution in [-0.4, -0.2) is 24.3 Å². The third-order valence-corrected chi connectivity index (χ3v) is 3.96. The van der Waals surface area contributed by atoms with Crippen molar-refractivity contribution < 1.29 is 19.4 Å². The van der Waals surface area contributed by atoms with Crippen LogP contribution in [0.4, 0.5) is 0 Å². The predicted octanol–water partition coefficient (Wildman–Crippen LogP) is 4.04. The van der Waals surface area contributed by atoms with Crippen molar-refractivity contribution in [2.45, 2.75) is 26.4 Å². The molecule has 2 aromatic carbocycles. The maximum Gasteiger partial charge on any atom is 0.345 e. The Hall–Kier alpha value is -2.20. The molecule has 23 heavy (non-hydrogen) atoms. The van der Waals surface area contributed by atoms with E-state index in [0.29, 0.717) is 16.5 Å². The van der Waals surface area contributed by atoms with Crippen LogP contribution in [0.5, 0.6) is 11.5 Å². The summed E-state index contributed by atoms with van der Waals surface area (Å²) in [5.74, 6) is 0.0765. The predicted molar refractivity (Wildman–Crippen MR) is 89.7 cm³/mol. The molecule has 0 heterocycles. The minimum absolute atomic E-state index is 0.214. The van der Waals surface area contributed by atoms with Gasteiger partial charge in [-0.1, -0.05) is 23.7 Å². The molecule has 0 saturated carbocycles. The number of benzene rings is 2. The first-order valence-corrected chi connectivity index (χ1v) is 7.57. The fraction of sp³-hybridized carbons (Fsp3) is 0.278. The molecule has 0 bridgehead atoms. The Balaban J connectivity index is 2.17. The average molecular weight is 335 g/mol. The highest BCUT2D eigenvalue weighted by Crippen LogP contribution is 2.26. The molecule has 0 saturated heterocycles. The van der Waals surface area contributed by atoms with Crippen molar-refractivity contribution in [1.29, 1.82) is 0 Å². The fourth-order valence-electron chi connectivity index (χ4n) is 2.18. The molecule has 2 rings (SSSR count). The van der Waals surface area contributed by atoms with Crippen LogP contribution < -0.4 is 9.47 Å². The number of hydrogen-bond donors (Lipinski definition) is 1. The number of carboxylic acid groups (broad SMARTS) is 1. The second-order valence-electron chi connectivity index (χ2n) is 5.36. The number of ether oxygens (including phenoxy) is 2. The minimum Gasteiger partial charge on any atom is -0.495 e. The molecule has 0 aliphatic heterocycles. The lowest BCUT2D eigenvalue weighted by atomic mass is 10.1. The van der Waals surface area contributed by atoms with Gasteiger partial charge in [0.25, 0.3) is 0 Å². The Kier molecular flexibility index (Phi) is 5.50. The average Bonchev–Trinajstić information content (AvgIpc) is 2.50. The summed E-state index contributed by atoms with van der Waals surface area (Å²) in [6.07, 6.45) is -0.770. The van der Waals surface area contributed by atoms with Crippen LogP contribution in [-0.2, 0) is 11.2 Å². The van der Waals surface area contributed by atoms with E-state index in [-0.39, 0.29) is 6.42 Å². The zero-order valence-electron chi connectivity index (χ0n) is 13.3. The van der Waals surface area contributed by atoms with E-state index in [1.165, 1.54) is 7.11 Å². The highest BCUT2D eigenvalue weighted by atomic mass is 35.5. The van der Waals surface area contributed by atoms with Gasteiger partial charge < -0.3 is 14.6 Å². The number of carbonyl (C=O) groups is 1. The van der Waals surface area contributed by atoms with E-state index >= 15 is 0 Å². The van der Waals surface area contributed by atoms with E-state index in [1.807, 2.05) is 26.0 Å². The van der Waals surface area contributed by atoms with Crippen LogP contribution in [0, 0.1) is 13.8 Å². The summed E-state index contributed by atoms with van der Waals surface area (Å²) in [6, 6.07) is 10.7. The molecule has 1 atom stereocenters. The van der Waals surface area contributed by atoms with Crippen LogP contribution in [0.2, 0.25) is 5.02 Å². The lowest BCUT2D eigenvalue weighted by molar-refractivity contribution is -0.145. The van der Waals surface area contributed by atoms with Gasteiger partial charge in [0.05, 0.1) is 12.1 Å². The molecule has 122 valence electrons. The molecule has 0 radical (unpaired) electrons. The summed E-state index contributed by atoms with van der Waals surface area (Å²) in [5, 5.41) is 9.85. The number of halogens is 1. The molecule has 4 nitrogen and oxygen atoms in total. The van der Waals surface area contributed by atoms with Crippen LogP contribution in [0.3, 0.4) is 0 Å². The van der Waals surface area contributed by atoms with Crippen molar-refractivity contribution in [3.8, 4) is 11.5 Å². The summed E-state index contributed by atoms with van der Waals surface area (Å²) in [6.45, 7) is 3.95. The summed E-state index contributed by atoms with van der Waals surface area (Å²) in [5.41, 5.74) is 2.96. The number of methoxy groups -OCH3 is 1. The van der Waals surface area contributed by atoms with Crippen LogP contribution in [0.25, 0.3) is 0 Å².